The predicted molar refractivity (Wildman–Crippen MR) is 122 cm³/mol. The van der Waals surface area contributed by atoms with Crippen molar-refractivity contribution in [2.75, 3.05) is 13.7 Å². The van der Waals surface area contributed by atoms with E-state index >= 15 is 0 Å². The van der Waals surface area contributed by atoms with Gasteiger partial charge in [0.05, 0.1) is 18.5 Å². The van der Waals surface area contributed by atoms with E-state index in [-0.39, 0.29) is 5.91 Å². The molecule has 0 spiro atoms. The van der Waals surface area contributed by atoms with Crippen LogP contribution < -0.4 is 10.1 Å². The number of hydrogen-bond donors (Lipinski definition) is 1. The second-order valence-electron chi connectivity index (χ2n) is 7.43. The number of amides is 1. The lowest BCUT2D eigenvalue weighted by atomic mass is 10.1. The van der Waals surface area contributed by atoms with Gasteiger partial charge in [-0.3, -0.25) is 4.79 Å². The molecule has 0 aliphatic heterocycles. The van der Waals surface area contributed by atoms with Gasteiger partial charge in [-0.1, -0.05) is 43.7 Å². The molecule has 0 bridgehead atoms. The Morgan fingerprint density at radius 3 is 2.48 bits per heavy atom. The Kier molecular flexibility index (Phi) is 5.98. The van der Waals surface area contributed by atoms with Crippen LogP contribution in [0.4, 0.5) is 0 Å². The molecule has 0 aliphatic rings. The summed E-state index contributed by atoms with van der Waals surface area (Å²) in [5, 5.41) is 7.75. The molecule has 0 saturated carbocycles. The fraction of sp³-hybridized carbons (Fsp3) is 0.240. The number of rotatable bonds is 7. The normalized spacial score (nSPS) is 10.9. The molecule has 158 valence electrons. The lowest BCUT2D eigenvalue weighted by Gasteiger charge is -2.10. The minimum atomic E-state index is -0.177. The zero-order valence-electron chi connectivity index (χ0n) is 18.1. The van der Waals surface area contributed by atoms with Crippen LogP contribution in [0.5, 0.6) is 5.75 Å². The molecule has 6 nitrogen and oxygen atoms in total. The van der Waals surface area contributed by atoms with Crippen LogP contribution >= 0.6 is 0 Å². The first-order chi connectivity index (χ1) is 15.1. The fourth-order valence-electron chi connectivity index (χ4n) is 3.62. The summed E-state index contributed by atoms with van der Waals surface area (Å²) in [5.74, 6) is 0.594. The first kappa shape index (κ1) is 20.6. The van der Waals surface area contributed by atoms with E-state index in [2.05, 4.69) is 12.2 Å². The van der Waals surface area contributed by atoms with Gasteiger partial charge in [-0.05, 0) is 49.2 Å². The van der Waals surface area contributed by atoms with E-state index in [1.807, 2.05) is 66.0 Å². The number of nitrogens with zero attached hydrogens (tertiary/aromatic N) is 3. The van der Waals surface area contributed by atoms with Crippen LogP contribution in [0.2, 0.25) is 0 Å². The van der Waals surface area contributed by atoms with Crippen LogP contribution in [0.1, 0.15) is 35.9 Å². The molecule has 2 aromatic heterocycles. The number of aromatic nitrogens is 3. The molecule has 0 atom stereocenters. The van der Waals surface area contributed by atoms with Gasteiger partial charge in [0, 0.05) is 17.7 Å². The zero-order valence-corrected chi connectivity index (χ0v) is 18.1. The van der Waals surface area contributed by atoms with Gasteiger partial charge >= 0.3 is 0 Å². The average Bonchev–Trinajstić information content (AvgIpc) is 3.14. The van der Waals surface area contributed by atoms with E-state index in [0.29, 0.717) is 17.9 Å². The maximum Gasteiger partial charge on any atom is 0.270 e. The van der Waals surface area contributed by atoms with Gasteiger partial charge in [-0.2, -0.15) is 5.10 Å². The van der Waals surface area contributed by atoms with Crippen molar-refractivity contribution in [3.8, 4) is 28.1 Å². The summed E-state index contributed by atoms with van der Waals surface area (Å²) in [6, 6.07) is 19.6. The molecule has 4 aromatic rings. The maximum absolute atomic E-state index is 12.9. The Balaban J connectivity index is 1.91. The molecule has 0 saturated heterocycles. The Morgan fingerprint density at radius 2 is 1.81 bits per heavy atom. The molecule has 2 heterocycles. The van der Waals surface area contributed by atoms with Gasteiger partial charge in [-0.15, -0.1) is 0 Å². The summed E-state index contributed by atoms with van der Waals surface area (Å²) in [6.45, 7) is 4.69. The highest BCUT2D eigenvalue weighted by Gasteiger charge is 2.20. The van der Waals surface area contributed by atoms with Crippen molar-refractivity contribution in [3.63, 3.8) is 0 Å². The van der Waals surface area contributed by atoms with Crippen LogP contribution in [-0.4, -0.2) is 34.2 Å². The van der Waals surface area contributed by atoms with Gasteiger partial charge in [0.25, 0.3) is 5.91 Å². The topological polar surface area (TPSA) is 68.5 Å². The SMILES string of the molecule is CCCCNC(=O)c1cc(-c2ccc(OC)cc2)n2nc(C)c(-c3ccccc3)c2n1. The highest BCUT2D eigenvalue weighted by Crippen LogP contribution is 2.31. The summed E-state index contributed by atoms with van der Waals surface area (Å²) < 4.78 is 7.11. The molecule has 0 radical (unpaired) electrons. The number of ether oxygens (including phenoxy) is 1. The number of carbonyl (C=O) groups is 1. The zero-order chi connectivity index (χ0) is 21.8. The quantitative estimate of drug-likeness (QED) is 0.436. The molecule has 0 aliphatic carbocycles. The molecular weight excluding hydrogens is 388 g/mol. The average molecular weight is 415 g/mol. The highest BCUT2D eigenvalue weighted by atomic mass is 16.5. The second kappa shape index (κ2) is 9.00. The first-order valence-corrected chi connectivity index (χ1v) is 10.5. The third kappa shape index (κ3) is 4.14. The van der Waals surface area contributed by atoms with Crippen molar-refractivity contribution in [2.24, 2.45) is 0 Å². The van der Waals surface area contributed by atoms with Crippen LogP contribution in [-0.2, 0) is 0 Å². The molecule has 31 heavy (non-hydrogen) atoms. The van der Waals surface area contributed by atoms with E-state index < -0.39 is 0 Å². The molecule has 6 heteroatoms. The van der Waals surface area contributed by atoms with E-state index in [9.17, 15) is 4.79 Å². The van der Waals surface area contributed by atoms with Gasteiger partial charge < -0.3 is 10.1 Å². The smallest absolute Gasteiger partial charge is 0.270 e. The molecule has 0 fully saturated rings. The van der Waals surface area contributed by atoms with Crippen molar-refractivity contribution in [2.45, 2.75) is 26.7 Å². The largest absolute Gasteiger partial charge is 0.497 e. The number of nitrogens with one attached hydrogen (secondary N) is 1. The number of unbranched alkanes of at least 4 members (excludes halogenated alkanes) is 1. The molecule has 1 N–H and O–H groups in total. The number of benzene rings is 2. The summed E-state index contributed by atoms with van der Waals surface area (Å²) in [6.07, 6.45) is 1.95. The Hall–Kier alpha value is -3.67. The minimum absolute atomic E-state index is 0.177. The predicted octanol–water partition coefficient (Wildman–Crippen LogP) is 4.91. The number of aryl methyl sites for hydroxylation is 1. The third-order valence-electron chi connectivity index (χ3n) is 5.26. The highest BCUT2D eigenvalue weighted by molar-refractivity contribution is 5.95. The molecular formula is C25H26N4O2. The summed E-state index contributed by atoms with van der Waals surface area (Å²) in [7, 11) is 1.64. The molecule has 1 amide bonds. The van der Waals surface area contributed by atoms with E-state index in [1.165, 1.54) is 0 Å². The van der Waals surface area contributed by atoms with Crippen molar-refractivity contribution in [1.82, 2.24) is 19.9 Å². The summed E-state index contributed by atoms with van der Waals surface area (Å²) >= 11 is 0. The lowest BCUT2D eigenvalue weighted by Crippen LogP contribution is -2.25. The van der Waals surface area contributed by atoms with Crippen molar-refractivity contribution in [1.29, 1.82) is 0 Å². The minimum Gasteiger partial charge on any atom is -0.497 e. The Bertz CT molecular complexity index is 1200. The Labute approximate surface area is 181 Å². The molecule has 4 rings (SSSR count). The maximum atomic E-state index is 12.9. The van der Waals surface area contributed by atoms with Crippen LogP contribution in [0.25, 0.3) is 28.0 Å². The first-order valence-electron chi connectivity index (χ1n) is 10.5. The van der Waals surface area contributed by atoms with E-state index in [0.717, 1.165) is 46.7 Å². The van der Waals surface area contributed by atoms with E-state index in [1.54, 1.807) is 13.2 Å². The van der Waals surface area contributed by atoms with E-state index in [4.69, 9.17) is 14.8 Å². The van der Waals surface area contributed by atoms with Crippen molar-refractivity contribution >= 4 is 11.6 Å². The van der Waals surface area contributed by atoms with Crippen LogP contribution in [0, 0.1) is 6.92 Å². The van der Waals surface area contributed by atoms with Gasteiger partial charge in [0.2, 0.25) is 0 Å². The second-order valence-corrected chi connectivity index (χ2v) is 7.43. The lowest BCUT2D eigenvalue weighted by molar-refractivity contribution is 0.0948. The standard InChI is InChI=1S/C25H26N4O2/c1-4-5-15-26-25(30)21-16-22(18-11-13-20(31-3)14-12-18)29-24(27-21)23(17(2)28-29)19-9-7-6-8-10-19/h6-14,16H,4-5,15H2,1-3H3,(H,26,30). The van der Waals surface area contributed by atoms with Crippen molar-refractivity contribution in [3.05, 3.63) is 72.1 Å². The monoisotopic (exact) mass is 414 g/mol. The summed E-state index contributed by atoms with van der Waals surface area (Å²) in [5.41, 5.74) is 5.59. The number of carbonyl (C=O) groups excluding carboxylic acids is 1. The molecule has 0 unspecified atom stereocenters. The number of hydrogen-bond acceptors (Lipinski definition) is 4. The third-order valence-corrected chi connectivity index (χ3v) is 5.26. The fourth-order valence-corrected chi connectivity index (χ4v) is 3.62. The molecule has 2 aromatic carbocycles. The summed E-state index contributed by atoms with van der Waals surface area (Å²) in [4.78, 5) is 17.6. The van der Waals surface area contributed by atoms with Crippen LogP contribution in [0.15, 0.2) is 60.7 Å². The van der Waals surface area contributed by atoms with Crippen molar-refractivity contribution < 1.29 is 9.53 Å². The van der Waals surface area contributed by atoms with Crippen LogP contribution in [0.3, 0.4) is 0 Å². The van der Waals surface area contributed by atoms with Gasteiger partial charge in [-0.25, -0.2) is 9.50 Å². The van der Waals surface area contributed by atoms with Gasteiger partial charge in [0.1, 0.15) is 11.4 Å². The van der Waals surface area contributed by atoms with Gasteiger partial charge in [0.15, 0.2) is 5.65 Å². The number of fused-ring (bicyclic) bond motifs is 1. The number of methoxy groups -OCH3 is 1. The Morgan fingerprint density at radius 1 is 1.06 bits per heavy atom.